The average Bonchev–Trinajstić information content (AvgIpc) is 2.36. The highest BCUT2D eigenvalue weighted by atomic mass is 35.5. The Morgan fingerprint density at radius 3 is 2.50 bits per heavy atom. The van der Waals surface area contributed by atoms with Crippen molar-refractivity contribution in [3.05, 3.63) is 53.1 Å². The van der Waals surface area contributed by atoms with Gasteiger partial charge in [-0.15, -0.1) is 0 Å². The number of nitrogens with two attached hydrogens (primary N) is 2. The van der Waals surface area contributed by atoms with Gasteiger partial charge in [0.1, 0.15) is 0 Å². The van der Waals surface area contributed by atoms with Crippen LogP contribution in [0.15, 0.2) is 47.4 Å². The van der Waals surface area contributed by atoms with Crippen LogP contribution in [0.25, 0.3) is 0 Å². The van der Waals surface area contributed by atoms with Gasteiger partial charge in [0, 0.05) is 11.6 Å². The zero-order chi connectivity index (χ0) is 14.8. The summed E-state index contributed by atoms with van der Waals surface area (Å²) in [4.78, 5) is -0.0108. The van der Waals surface area contributed by atoms with E-state index in [1.54, 1.807) is 12.1 Å². The van der Waals surface area contributed by atoms with Crippen LogP contribution in [0.3, 0.4) is 0 Å². The maximum Gasteiger partial charge on any atom is 0.238 e. The number of hydrogen-bond donors (Lipinski definition) is 3. The molecule has 2 aromatic carbocycles. The van der Waals surface area contributed by atoms with E-state index in [2.05, 4.69) is 5.32 Å². The van der Waals surface area contributed by atoms with Gasteiger partial charge in [-0.3, -0.25) is 0 Å². The summed E-state index contributed by atoms with van der Waals surface area (Å²) >= 11 is 5.90. The summed E-state index contributed by atoms with van der Waals surface area (Å²) in [5.41, 5.74) is 7.75. The SMILES string of the molecule is Nc1cc(S(N)(=O)=O)ccc1NCc1cccc(Cl)c1. The van der Waals surface area contributed by atoms with Crippen molar-refractivity contribution in [2.75, 3.05) is 11.1 Å². The fourth-order valence-corrected chi connectivity index (χ4v) is 2.48. The summed E-state index contributed by atoms with van der Waals surface area (Å²) in [6.45, 7) is 0.527. The van der Waals surface area contributed by atoms with Crippen molar-refractivity contribution in [1.29, 1.82) is 0 Å². The van der Waals surface area contributed by atoms with Crippen LogP contribution in [-0.4, -0.2) is 8.42 Å². The lowest BCUT2D eigenvalue weighted by molar-refractivity contribution is 0.598. The molecule has 0 spiro atoms. The molecule has 0 fully saturated rings. The van der Waals surface area contributed by atoms with Crippen LogP contribution in [0.1, 0.15) is 5.56 Å². The fraction of sp³-hybridized carbons (Fsp3) is 0.0769. The minimum absolute atomic E-state index is 0.0108. The molecule has 0 amide bonds. The van der Waals surface area contributed by atoms with Crippen molar-refractivity contribution >= 4 is 33.0 Å². The quantitative estimate of drug-likeness (QED) is 0.754. The van der Waals surface area contributed by atoms with Gasteiger partial charge in [-0.25, -0.2) is 13.6 Å². The topological polar surface area (TPSA) is 98.2 Å². The molecule has 0 saturated carbocycles. The minimum Gasteiger partial charge on any atom is -0.397 e. The van der Waals surface area contributed by atoms with Gasteiger partial charge in [-0.2, -0.15) is 0 Å². The molecule has 0 aliphatic heterocycles. The van der Waals surface area contributed by atoms with Gasteiger partial charge >= 0.3 is 0 Å². The number of benzene rings is 2. The Balaban J connectivity index is 2.15. The Labute approximate surface area is 122 Å². The molecule has 0 unspecified atom stereocenters. The first-order valence-corrected chi connectivity index (χ1v) is 7.69. The summed E-state index contributed by atoms with van der Waals surface area (Å²) < 4.78 is 22.4. The van der Waals surface area contributed by atoms with Crippen molar-refractivity contribution in [1.82, 2.24) is 0 Å². The standard InChI is InChI=1S/C13H14ClN3O2S/c14-10-3-1-2-9(6-10)8-17-13-5-4-11(7-12(13)15)20(16,18)19/h1-7,17H,8,15H2,(H2,16,18,19). The smallest absolute Gasteiger partial charge is 0.238 e. The number of hydrogen-bond acceptors (Lipinski definition) is 4. The molecule has 20 heavy (non-hydrogen) atoms. The Morgan fingerprint density at radius 1 is 1.15 bits per heavy atom. The van der Waals surface area contributed by atoms with Gasteiger partial charge in [0.25, 0.3) is 0 Å². The number of nitrogens with one attached hydrogen (secondary N) is 1. The zero-order valence-corrected chi connectivity index (χ0v) is 12.1. The molecule has 0 aliphatic carbocycles. The third-order valence-corrected chi connectivity index (χ3v) is 3.87. The molecule has 106 valence electrons. The molecule has 2 rings (SSSR count). The van der Waals surface area contributed by atoms with Crippen molar-refractivity contribution < 1.29 is 8.42 Å². The van der Waals surface area contributed by atoms with Crippen molar-refractivity contribution in [2.24, 2.45) is 5.14 Å². The predicted molar refractivity (Wildman–Crippen MR) is 81.0 cm³/mol. The molecule has 2 aromatic rings. The van der Waals surface area contributed by atoms with Gasteiger partial charge in [0.2, 0.25) is 10.0 Å². The monoisotopic (exact) mass is 311 g/mol. The Bertz CT molecular complexity index is 732. The van der Waals surface area contributed by atoms with E-state index >= 15 is 0 Å². The van der Waals surface area contributed by atoms with E-state index in [-0.39, 0.29) is 4.90 Å². The number of primary sulfonamides is 1. The van der Waals surface area contributed by atoms with E-state index in [9.17, 15) is 8.42 Å². The summed E-state index contributed by atoms with van der Waals surface area (Å²) in [6, 6.07) is 11.7. The van der Waals surface area contributed by atoms with Crippen molar-refractivity contribution in [2.45, 2.75) is 11.4 Å². The van der Waals surface area contributed by atoms with Gasteiger partial charge < -0.3 is 11.1 Å². The Morgan fingerprint density at radius 2 is 1.90 bits per heavy atom. The first kappa shape index (κ1) is 14.6. The molecule has 0 radical (unpaired) electrons. The minimum atomic E-state index is -3.74. The highest BCUT2D eigenvalue weighted by Gasteiger charge is 2.09. The first-order chi connectivity index (χ1) is 9.36. The fourth-order valence-electron chi connectivity index (χ4n) is 1.72. The van der Waals surface area contributed by atoms with Crippen molar-refractivity contribution in [3.63, 3.8) is 0 Å². The van der Waals surface area contributed by atoms with E-state index in [4.69, 9.17) is 22.5 Å². The Kier molecular flexibility index (Phi) is 4.17. The molecule has 5 N–H and O–H groups in total. The van der Waals surface area contributed by atoms with E-state index < -0.39 is 10.0 Å². The molecule has 0 bridgehead atoms. The number of halogens is 1. The number of sulfonamides is 1. The van der Waals surface area contributed by atoms with Crippen LogP contribution in [0.4, 0.5) is 11.4 Å². The maximum absolute atomic E-state index is 11.2. The first-order valence-electron chi connectivity index (χ1n) is 5.77. The molecule has 0 atom stereocenters. The predicted octanol–water partition coefficient (Wildman–Crippen LogP) is 2.18. The zero-order valence-electron chi connectivity index (χ0n) is 10.5. The average molecular weight is 312 g/mol. The van der Waals surface area contributed by atoms with Crippen LogP contribution >= 0.6 is 11.6 Å². The molecular formula is C13H14ClN3O2S. The van der Waals surface area contributed by atoms with E-state index in [1.807, 2.05) is 18.2 Å². The van der Waals surface area contributed by atoms with Crippen LogP contribution in [0, 0.1) is 0 Å². The lowest BCUT2D eigenvalue weighted by Crippen LogP contribution is -2.13. The summed E-state index contributed by atoms with van der Waals surface area (Å²) in [6.07, 6.45) is 0. The van der Waals surface area contributed by atoms with E-state index in [0.29, 0.717) is 22.9 Å². The molecule has 7 heteroatoms. The molecular weight excluding hydrogens is 298 g/mol. The van der Waals surface area contributed by atoms with E-state index in [0.717, 1.165) is 5.56 Å². The largest absolute Gasteiger partial charge is 0.397 e. The van der Waals surface area contributed by atoms with Gasteiger partial charge in [0.15, 0.2) is 0 Å². The Hall–Kier alpha value is -1.76. The second kappa shape index (κ2) is 5.70. The van der Waals surface area contributed by atoms with Gasteiger partial charge in [-0.05, 0) is 35.9 Å². The molecule has 0 saturated heterocycles. The summed E-state index contributed by atoms with van der Waals surface area (Å²) in [5.74, 6) is 0. The van der Waals surface area contributed by atoms with Crippen LogP contribution in [0.2, 0.25) is 5.02 Å². The van der Waals surface area contributed by atoms with Crippen LogP contribution < -0.4 is 16.2 Å². The van der Waals surface area contributed by atoms with Crippen LogP contribution in [0.5, 0.6) is 0 Å². The highest BCUT2D eigenvalue weighted by Crippen LogP contribution is 2.23. The van der Waals surface area contributed by atoms with Crippen LogP contribution in [-0.2, 0) is 16.6 Å². The lowest BCUT2D eigenvalue weighted by atomic mass is 10.2. The second-order valence-corrected chi connectivity index (χ2v) is 6.28. The summed E-state index contributed by atoms with van der Waals surface area (Å²) in [5, 5.41) is 8.81. The highest BCUT2D eigenvalue weighted by molar-refractivity contribution is 7.89. The number of nitrogen functional groups attached to an aromatic ring is 1. The summed E-state index contributed by atoms with van der Waals surface area (Å²) in [7, 11) is -3.74. The molecule has 5 nitrogen and oxygen atoms in total. The molecule has 0 aliphatic rings. The van der Waals surface area contributed by atoms with E-state index in [1.165, 1.54) is 12.1 Å². The number of rotatable bonds is 4. The number of anilines is 2. The normalized spacial score (nSPS) is 11.3. The molecule has 0 aromatic heterocycles. The lowest BCUT2D eigenvalue weighted by Gasteiger charge is -2.10. The third-order valence-electron chi connectivity index (χ3n) is 2.72. The molecule has 0 heterocycles. The van der Waals surface area contributed by atoms with Crippen molar-refractivity contribution in [3.8, 4) is 0 Å². The second-order valence-electron chi connectivity index (χ2n) is 4.28. The maximum atomic E-state index is 11.2. The third kappa shape index (κ3) is 3.63. The van der Waals surface area contributed by atoms with Gasteiger partial charge in [0.05, 0.1) is 16.3 Å². The van der Waals surface area contributed by atoms with Gasteiger partial charge in [-0.1, -0.05) is 23.7 Å².